The first-order valence-corrected chi connectivity index (χ1v) is 8.79. The van der Waals surface area contributed by atoms with Crippen LogP contribution >= 0.6 is 15.9 Å². The smallest absolute Gasteiger partial charge is 0.266 e. The molecule has 3 rings (SSSR count). The summed E-state index contributed by atoms with van der Waals surface area (Å²) in [5, 5.41) is 0. The lowest BCUT2D eigenvalue weighted by atomic mass is 10.0. The Morgan fingerprint density at radius 2 is 1.90 bits per heavy atom. The molecular weight excluding hydrogens is 357 g/mol. The van der Waals surface area contributed by atoms with E-state index in [-0.39, 0.29) is 4.90 Å². The number of benzene rings is 2. The van der Waals surface area contributed by atoms with Crippen molar-refractivity contribution < 1.29 is 12.8 Å². The Hall–Kier alpha value is -1.40. The summed E-state index contributed by atoms with van der Waals surface area (Å²) in [6.45, 7) is 0.370. The lowest BCUT2D eigenvalue weighted by molar-refractivity contribution is 0.560. The minimum absolute atomic E-state index is 0.289. The van der Waals surface area contributed by atoms with Crippen molar-refractivity contribution in [1.29, 1.82) is 0 Å². The summed E-state index contributed by atoms with van der Waals surface area (Å²) >= 11 is 3.14. The van der Waals surface area contributed by atoms with Gasteiger partial charge in [-0.1, -0.05) is 34.1 Å². The normalized spacial score (nSPS) is 14.9. The molecule has 0 aromatic heterocycles. The molecule has 1 aliphatic rings. The van der Waals surface area contributed by atoms with Crippen LogP contribution in [-0.2, 0) is 16.4 Å². The molecule has 3 nitrogen and oxygen atoms in total. The second-order valence-corrected chi connectivity index (χ2v) is 7.63. The number of hydrogen-bond acceptors (Lipinski definition) is 2. The van der Waals surface area contributed by atoms with Gasteiger partial charge in [0.05, 0.1) is 5.69 Å². The van der Waals surface area contributed by atoms with Crippen molar-refractivity contribution in [2.24, 2.45) is 0 Å². The molecule has 0 saturated heterocycles. The molecule has 0 bridgehead atoms. The summed E-state index contributed by atoms with van der Waals surface area (Å²) in [5.74, 6) is -0.743. The Labute approximate surface area is 131 Å². The highest BCUT2D eigenvalue weighted by molar-refractivity contribution is 9.10. The van der Waals surface area contributed by atoms with Crippen LogP contribution in [0.2, 0.25) is 0 Å². The molecule has 0 amide bonds. The van der Waals surface area contributed by atoms with E-state index in [2.05, 4.69) is 15.9 Å². The molecule has 6 heteroatoms. The van der Waals surface area contributed by atoms with Crippen molar-refractivity contribution in [3.05, 3.63) is 58.3 Å². The predicted molar refractivity (Wildman–Crippen MR) is 83.4 cm³/mol. The molecule has 1 aliphatic heterocycles. The first kappa shape index (κ1) is 14.5. The first-order chi connectivity index (χ1) is 10.00. The molecular formula is C15H13BrFNO2S. The summed E-state index contributed by atoms with van der Waals surface area (Å²) in [7, 11) is -3.89. The second-order valence-electron chi connectivity index (χ2n) is 4.88. The fourth-order valence-electron chi connectivity index (χ4n) is 2.55. The molecule has 21 heavy (non-hydrogen) atoms. The zero-order valence-electron chi connectivity index (χ0n) is 11.1. The molecule has 0 N–H and O–H groups in total. The third kappa shape index (κ3) is 2.58. The van der Waals surface area contributed by atoms with Crippen LogP contribution < -0.4 is 4.31 Å². The Balaban J connectivity index is 2.12. The fourth-order valence-corrected chi connectivity index (χ4v) is 4.47. The molecule has 0 spiro atoms. The minimum Gasteiger partial charge on any atom is -0.266 e. The zero-order valence-corrected chi connectivity index (χ0v) is 13.5. The maximum absolute atomic E-state index is 14.0. The fraction of sp³-hybridized carbons (Fsp3) is 0.200. The molecule has 2 aromatic carbocycles. The molecule has 0 unspecified atom stereocenters. The third-order valence-electron chi connectivity index (χ3n) is 3.53. The monoisotopic (exact) mass is 369 g/mol. The van der Waals surface area contributed by atoms with E-state index in [4.69, 9.17) is 0 Å². The molecule has 0 atom stereocenters. The van der Waals surface area contributed by atoms with E-state index in [9.17, 15) is 12.8 Å². The Morgan fingerprint density at radius 1 is 1.14 bits per heavy atom. The number of nitrogens with zero attached hydrogens (tertiary/aromatic N) is 1. The van der Waals surface area contributed by atoms with Gasteiger partial charge in [0.1, 0.15) is 10.7 Å². The van der Waals surface area contributed by atoms with Gasteiger partial charge in [-0.25, -0.2) is 12.8 Å². The lowest BCUT2D eigenvalue weighted by Crippen LogP contribution is -2.35. The largest absolute Gasteiger partial charge is 0.267 e. The van der Waals surface area contributed by atoms with Crippen LogP contribution in [0.15, 0.2) is 51.8 Å². The average molecular weight is 370 g/mol. The van der Waals surface area contributed by atoms with Gasteiger partial charge < -0.3 is 0 Å². The van der Waals surface area contributed by atoms with Crippen molar-refractivity contribution in [2.75, 3.05) is 10.8 Å². The Morgan fingerprint density at radius 3 is 2.67 bits per heavy atom. The number of aryl methyl sites for hydroxylation is 1. The molecule has 0 radical (unpaired) electrons. The standard InChI is InChI=1S/C15H13BrFNO2S/c16-12-7-8-15(13(17)10-12)21(19,20)18-9-3-5-11-4-1-2-6-14(11)18/h1-2,4,6-8,10H,3,5,9H2. The van der Waals surface area contributed by atoms with Gasteiger partial charge in [0, 0.05) is 11.0 Å². The highest BCUT2D eigenvalue weighted by Crippen LogP contribution is 2.32. The van der Waals surface area contributed by atoms with Crippen LogP contribution in [0.3, 0.4) is 0 Å². The van der Waals surface area contributed by atoms with Crippen molar-refractivity contribution >= 4 is 31.6 Å². The number of sulfonamides is 1. The molecule has 110 valence electrons. The van der Waals surface area contributed by atoms with E-state index in [0.717, 1.165) is 18.4 Å². The van der Waals surface area contributed by atoms with E-state index >= 15 is 0 Å². The molecule has 0 aliphatic carbocycles. The number of anilines is 1. The molecule has 0 fully saturated rings. The number of fused-ring (bicyclic) bond motifs is 1. The zero-order chi connectivity index (χ0) is 15.0. The SMILES string of the molecule is O=S(=O)(c1ccc(Br)cc1F)N1CCCc2ccccc21. The van der Waals surface area contributed by atoms with Crippen LogP contribution in [0.25, 0.3) is 0 Å². The van der Waals surface area contributed by atoms with Crippen LogP contribution in [0, 0.1) is 5.82 Å². The highest BCUT2D eigenvalue weighted by Gasteiger charge is 2.30. The quantitative estimate of drug-likeness (QED) is 0.808. The van der Waals surface area contributed by atoms with Gasteiger partial charge in [-0.3, -0.25) is 4.31 Å². The number of para-hydroxylation sites is 1. The number of rotatable bonds is 2. The van der Waals surface area contributed by atoms with Crippen molar-refractivity contribution in [3.63, 3.8) is 0 Å². The molecule has 0 saturated carbocycles. The first-order valence-electron chi connectivity index (χ1n) is 6.56. The number of hydrogen-bond donors (Lipinski definition) is 0. The lowest BCUT2D eigenvalue weighted by Gasteiger charge is -2.30. The summed E-state index contributed by atoms with van der Waals surface area (Å²) in [6, 6.07) is 11.4. The van der Waals surface area contributed by atoms with Crippen LogP contribution in [0.4, 0.5) is 10.1 Å². The van der Waals surface area contributed by atoms with Gasteiger partial charge in [0.2, 0.25) is 0 Å². The van der Waals surface area contributed by atoms with E-state index < -0.39 is 15.8 Å². The van der Waals surface area contributed by atoms with Gasteiger partial charge >= 0.3 is 0 Å². The van der Waals surface area contributed by atoms with Crippen molar-refractivity contribution in [1.82, 2.24) is 0 Å². The van der Waals surface area contributed by atoms with Crippen molar-refractivity contribution in [3.8, 4) is 0 Å². The van der Waals surface area contributed by atoms with E-state index in [1.165, 1.54) is 22.5 Å². The topological polar surface area (TPSA) is 37.4 Å². The third-order valence-corrected chi connectivity index (χ3v) is 5.87. The predicted octanol–water partition coefficient (Wildman–Crippen LogP) is 3.73. The van der Waals surface area contributed by atoms with Crippen molar-refractivity contribution in [2.45, 2.75) is 17.7 Å². The maximum atomic E-state index is 14.0. The van der Waals surface area contributed by atoms with Crippen LogP contribution in [0.5, 0.6) is 0 Å². The van der Waals surface area contributed by atoms with E-state index in [1.54, 1.807) is 12.1 Å². The molecule has 2 aromatic rings. The van der Waals surface area contributed by atoms with E-state index in [0.29, 0.717) is 16.7 Å². The van der Waals surface area contributed by atoms with Gasteiger partial charge in [0.25, 0.3) is 10.0 Å². The second kappa shape index (κ2) is 5.42. The summed E-state index contributed by atoms with van der Waals surface area (Å²) < 4.78 is 41.4. The van der Waals surface area contributed by atoms with Gasteiger partial charge in [-0.05, 0) is 42.7 Å². The van der Waals surface area contributed by atoms with Gasteiger partial charge in [-0.2, -0.15) is 0 Å². The van der Waals surface area contributed by atoms with Gasteiger partial charge in [-0.15, -0.1) is 0 Å². The number of halogens is 2. The summed E-state index contributed by atoms with van der Waals surface area (Å²) in [5.41, 5.74) is 1.62. The molecule has 1 heterocycles. The Kier molecular flexibility index (Phi) is 3.75. The summed E-state index contributed by atoms with van der Waals surface area (Å²) in [4.78, 5) is -0.289. The van der Waals surface area contributed by atoms with Crippen LogP contribution in [-0.4, -0.2) is 15.0 Å². The van der Waals surface area contributed by atoms with Gasteiger partial charge in [0.15, 0.2) is 0 Å². The Bertz CT molecular complexity index is 792. The van der Waals surface area contributed by atoms with E-state index in [1.807, 2.05) is 12.1 Å². The summed E-state index contributed by atoms with van der Waals surface area (Å²) in [6.07, 6.45) is 1.57. The minimum atomic E-state index is -3.89. The average Bonchev–Trinajstić information content (AvgIpc) is 2.46. The highest BCUT2D eigenvalue weighted by atomic mass is 79.9. The maximum Gasteiger partial charge on any atom is 0.267 e. The van der Waals surface area contributed by atoms with Crippen LogP contribution in [0.1, 0.15) is 12.0 Å².